The highest BCUT2D eigenvalue weighted by molar-refractivity contribution is 8.00. The van der Waals surface area contributed by atoms with Crippen molar-refractivity contribution in [1.82, 2.24) is 10.2 Å². The predicted octanol–water partition coefficient (Wildman–Crippen LogP) is -0.143. The van der Waals surface area contributed by atoms with E-state index in [0.717, 1.165) is 19.3 Å². The fourth-order valence-electron chi connectivity index (χ4n) is 2.40. The maximum Gasteiger partial charge on any atom is 0.232 e. The van der Waals surface area contributed by atoms with Crippen molar-refractivity contribution < 1.29 is 19.4 Å². The third kappa shape index (κ3) is 5.48. The van der Waals surface area contributed by atoms with Gasteiger partial charge in [-0.1, -0.05) is 0 Å². The minimum atomic E-state index is -0.0287. The molecule has 0 atom stereocenters. The van der Waals surface area contributed by atoms with Crippen LogP contribution in [0.1, 0.15) is 19.3 Å². The van der Waals surface area contributed by atoms with Gasteiger partial charge in [0.15, 0.2) is 0 Å². The topological polar surface area (TPSA) is 78.9 Å². The van der Waals surface area contributed by atoms with Gasteiger partial charge in [-0.05, 0) is 24.7 Å². The molecule has 1 saturated heterocycles. The second kappa shape index (κ2) is 8.00. The number of nitrogens with zero attached hydrogens (tertiary/aromatic N) is 1. The number of hydrogen-bond donors (Lipinski definition) is 2. The fraction of sp³-hybridized carbons (Fsp3) is 0.857. The highest BCUT2D eigenvalue weighted by atomic mass is 32.2. The smallest absolute Gasteiger partial charge is 0.232 e. The Bertz CT molecular complexity index is 368. The molecule has 1 aliphatic carbocycles. The van der Waals surface area contributed by atoms with Crippen molar-refractivity contribution in [2.75, 3.05) is 51.0 Å². The maximum atomic E-state index is 11.9. The Morgan fingerprint density at radius 1 is 1.24 bits per heavy atom. The highest BCUT2D eigenvalue weighted by Crippen LogP contribution is 2.47. The van der Waals surface area contributed by atoms with E-state index < -0.39 is 0 Å². The lowest BCUT2D eigenvalue weighted by molar-refractivity contribution is -0.132. The lowest BCUT2D eigenvalue weighted by Gasteiger charge is -2.26. The van der Waals surface area contributed by atoms with E-state index in [1.165, 1.54) is 11.8 Å². The molecule has 2 aliphatic rings. The van der Waals surface area contributed by atoms with Crippen LogP contribution in [-0.2, 0) is 14.3 Å². The first-order valence-electron chi connectivity index (χ1n) is 7.46. The van der Waals surface area contributed by atoms with Crippen molar-refractivity contribution in [3.63, 3.8) is 0 Å². The number of aliphatic hydroxyl groups excluding tert-OH is 1. The minimum Gasteiger partial charge on any atom is -0.396 e. The van der Waals surface area contributed by atoms with Crippen LogP contribution in [0.5, 0.6) is 0 Å². The molecule has 1 heterocycles. The molecule has 0 aromatic rings. The Labute approximate surface area is 129 Å². The van der Waals surface area contributed by atoms with E-state index in [0.29, 0.717) is 44.4 Å². The molecule has 0 aromatic heterocycles. The lowest BCUT2D eigenvalue weighted by Crippen LogP contribution is -2.41. The third-order valence-electron chi connectivity index (χ3n) is 4.08. The van der Waals surface area contributed by atoms with Crippen LogP contribution in [0.4, 0.5) is 0 Å². The summed E-state index contributed by atoms with van der Waals surface area (Å²) in [6.45, 7) is 3.32. The molecule has 6 nitrogen and oxygen atoms in total. The summed E-state index contributed by atoms with van der Waals surface area (Å²) in [6.07, 6.45) is 2.92. The molecule has 0 aromatic carbocycles. The van der Waals surface area contributed by atoms with Gasteiger partial charge in [0.05, 0.1) is 24.7 Å². The van der Waals surface area contributed by atoms with Crippen molar-refractivity contribution in [2.24, 2.45) is 5.41 Å². The average molecular weight is 316 g/mol. The van der Waals surface area contributed by atoms with E-state index in [4.69, 9.17) is 9.84 Å². The summed E-state index contributed by atoms with van der Waals surface area (Å²) in [5.74, 6) is 0.703. The molecule has 2 N–H and O–H groups in total. The first-order chi connectivity index (χ1) is 10.2. The van der Waals surface area contributed by atoms with Gasteiger partial charge in [0.2, 0.25) is 11.8 Å². The zero-order chi connectivity index (χ0) is 15.1. The summed E-state index contributed by atoms with van der Waals surface area (Å²) in [7, 11) is 0. The number of hydrogen-bond acceptors (Lipinski definition) is 5. The van der Waals surface area contributed by atoms with Gasteiger partial charge in [0, 0.05) is 26.2 Å². The van der Waals surface area contributed by atoms with E-state index in [1.54, 1.807) is 4.90 Å². The van der Waals surface area contributed by atoms with Gasteiger partial charge in [0.1, 0.15) is 0 Å². The van der Waals surface area contributed by atoms with Crippen LogP contribution in [-0.4, -0.2) is 72.8 Å². The summed E-state index contributed by atoms with van der Waals surface area (Å²) in [6, 6.07) is 0. The van der Waals surface area contributed by atoms with Gasteiger partial charge < -0.3 is 20.1 Å². The van der Waals surface area contributed by atoms with E-state index in [1.807, 2.05) is 0 Å². The monoisotopic (exact) mass is 316 g/mol. The normalized spacial score (nSPS) is 20.1. The number of carbonyl (C=O) groups is 2. The first-order valence-corrected chi connectivity index (χ1v) is 8.61. The standard InChI is InChI=1S/C14H24N2O4S/c17-6-3-14(1-2-14)11-15-12(18)9-21-10-13(19)16-4-7-20-8-5-16/h17H,1-11H2,(H,15,18). The van der Waals surface area contributed by atoms with Crippen LogP contribution in [0.15, 0.2) is 0 Å². The minimum absolute atomic E-state index is 0.0287. The van der Waals surface area contributed by atoms with Crippen molar-refractivity contribution in [1.29, 1.82) is 0 Å². The zero-order valence-electron chi connectivity index (χ0n) is 12.3. The molecule has 0 bridgehead atoms. The Morgan fingerprint density at radius 2 is 1.95 bits per heavy atom. The highest BCUT2D eigenvalue weighted by Gasteiger charge is 2.41. The molecule has 1 aliphatic heterocycles. The largest absolute Gasteiger partial charge is 0.396 e. The molecule has 120 valence electrons. The molecule has 1 saturated carbocycles. The quantitative estimate of drug-likeness (QED) is 0.651. The molecule has 0 unspecified atom stereocenters. The molecule has 7 heteroatoms. The van der Waals surface area contributed by atoms with Gasteiger partial charge in [0.25, 0.3) is 0 Å². The molecule has 2 fully saturated rings. The maximum absolute atomic E-state index is 11.9. The number of aliphatic hydroxyl groups is 1. The first kappa shape index (κ1) is 16.6. The summed E-state index contributed by atoms with van der Waals surface area (Å²) in [4.78, 5) is 25.4. The van der Waals surface area contributed by atoms with Crippen LogP contribution in [0.2, 0.25) is 0 Å². The fourth-order valence-corrected chi connectivity index (χ4v) is 3.15. The van der Waals surface area contributed by atoms with Crippen LogP contribution in [0, 0.1) is 5.41 Å². The molecule has 0 radical (unpaired) electrons. The Hall–Kier alpha value is -0.790. The molecular formula is C14H24N2O4S. The molecule has 0 spiro atoms. The second-order valence-corrected chi connectivity index (χ2v) is 6.72. The van der Waals surface area contributed by atoms with E-state index >= 15 is 0 Å². The van der Waals surface area contributed by atoms with Crippen LogP contribution >= 0.6 is 11.8 Å². The summed E-state index contributed by atoms with van der Waals surface area (Å²) < 4.78 is 5.20. The number of carbonyl (C=O) groups excluding carboxylic acids is 2. The predicted molar refractivity (Wildman–Crippen MR) is 81.1 cm³/mol. The van der Waals surface area contributed by atoms with Gasteiger partial charge in [-0.25, -0.2) is 0 Å². The van der Waals surface area contributed by atoms with Crippen molar-refractivity contribution >= 4 is 23.6 Å². The van der Waals surface area contributed by atoms with Gasteiger partial charge in [-0.15, -0.1) is 11.8 Å². The zero-order valence-corrected chi connectivity index (χ0v) is 13.1. The number of amides is 2. The summed E-state index contributed by atoms with van der Waals surface area (Å²) in [5, 5.41) is 11.9. The van der Waals surface area contributed by atoms with Crippen molar-refractivity contribution in [3.05, 3.63) is 0 Å². The number of nitrogens with one attached hydrogen (secondary N) is 1. The van der Waals surface area contributed by atoms with Gasteiger partial charge in [-0.3, -0.25) is 9.59 Å². The van der Waals surface area contributed by atoms with E-state index in [-0.39, 0.29) is 23.8 Å². The average Bonchev–Trinajstić information content (AvgIpc) is 3.26. The Kier molecular flexibility index (Phi) is 6.32. The van der Waals surface area contributed by atoms with Gasteiger partial charge in [-0.2, -0.15) is 0 Å². The third-order valence-corrected chi connectivity index (χ3v) is 5.00. The molecule has 2 amide bonds. The Balaban J connectivity index is 1.55. The number of thioether (sulfide) groups is 1. The van der Waals surface area contributed by atoms with Crippen molar-refractivity contribution in [3.8, 4) is 0 Å². The number of ether oxygens (including phenoxy) is 1. The summed E-state index contributed by atoms with van der Waals surface area (Å²) >= 11 is 1.35. The van der Waals surface area contributed by atoms with Crippen LogP contribution in [0.3, 0.4) is 0 Å². The SMILES string of the molecule is O=C(CSCC(=O)N1CCOCC1)NCC1(CCO)CC1. The lowest BCUT2D eigenvalue weighted by atomic mass is 10.0. The molecule has 2 rings (SSSR count). The summed E-state index contributed by atoms with van der Waals surface area (Å²) in [5.41, 5.74) is 0.138. The molecular weight excluding hydrogens is 292 g/mol. The number of rotatable bonds is 8. The van der Waals surface area contributed by atoms with E-state index in [9.17, 15) is 9.59 Å². The van der Waals surface area contributed by atoms with E-state index in [2.05, 4.69) is 5.32 Å². The second-order valence-electron chi connectivity index (χ2n) is 5.74. The Morgan fingerprint density at radius 3 is 2.57 bits per heavy atom. The molecule has 21 heavy (non-hydrogen) atoms. The van der Waals surface area contributed by atoms with Crippen LogP contribution < -0.4 is 5.32 Å². The van der Waals surface area contributed by atoms with Crippen LogP contribution in [0.25, 0.3) is 0 Å². The number of morpholine rings is 1. The van der Waals surface area contributed by atoms with Crippen molar-refractivity contribution in [2.45, 2.75) is 19.3 Å². The van der Waals surface area contributed by atoms with Gasteiger partial charge >= 0.3 is 0 Å².